The first-order valence-electron chi connectivity index (χ1n) is 8.68. The molecule has 0 saturated carbocycles. The zero-order chi connectivity index (χ0) is 20.1. The molecule has 1 aliphatic rings. The van der Waals surface area contributed by atoms with Crippen LogP contribution in [-0.4, -0.2) is 24.0 Å². The predicted octanol–water partition coefficient (Wildman–Crippen LogP) is 4.85. The Morgan fingerprint density at radius 1 is 1.25 bits per heavy atom. The number of halogens is 2. The molecular weight excluding hydrogens is 448 g/mol. The summed E-state index contributed by atoms with van der Waals surface area (Å²) in [5, 5.41) is 14.2. The predicted molar refractivity (Wildman–Crippen MR) is 111 cm³/mol. The van der Waals surface area contributed by atoms with Crippen molar-refractivity contribution in [1.29, 1.82) is 0 Å². The van der Waals surface area contributed by atoms with Crippen molar-refractivity contribution in [3.05, 3.63) is 79.3 Å². The van der Waals surface area contributed by atoms with Gasteiger partial charge < -0.3 is 10.1 Å². The Bertz CT molecular complexity index is 926. The lowest BCUT2D eigenvalue weighted by molar-refractivity contribution is -0.384. The summed E-state index contributed by atoms with van der Waals surface area (Å²) >= 11 is 9.30. The largest absolute Gasteiger partial charge is 0.381 e. The molecule has 28 heavy (non-hydrogen) atoms. The van der Waals surface area contributed by atoms with Gasteiger partial charge in [0.2, 0.25) is 5.91 Å². The van der Waals surface area contributed by atoms with E-state index in [0.29, 0.717) is 31.6 Å². The number of ether oxygens (including phenoxy) is 1. The summed E-state index contributed by atoms with van der Waals surface area (Å²) in [7, 11) is 0. The number of amides is 1. The van der Waals surface area contributed by atoms with Gasteiger partial charge in [0, 0.05) is 29.8 Å². The molecule has 0 radical (unpaired) electrons. The first-order valence-corrected chi connectivity index (χ1v) is 9.85. The Balaban J connectivity index is 1.80. The summed E-state index contributed by atoms with van der Waals surface area (Å²) in [5.74, 6) is -0.278. The van der Waals surface area contributed by atoms with Crippen LogP contribution in [0.3, 0.4) is 0 Å². The molecule has 146 valence electrons. The van der Waals surface area contributed by atoms with Gasteiger partial charge in [0.1, 0.15) is 5.02 Å². The maximum absolute atomic E-state index is 12.6. The standard InChI is InChI=1S/C20H18BrClN2O4/c21-16-3-1-2-15(13-16)20(8-10-28-11-9-20)23-19(25)7-5-14-4-6-17(22)18(12-14)24(26)27/h1-7,12-13H,8-11H2,(H,23,25)/b7-5+. The van der Waals surface area contributed by atoms with E-state index in [4.69, 9.17) is 16.3 Å². The number of carbonyl (C=O) groups excluding carboxylic acids is 1. The number of nitrogens with zero attached hydrogens (tertiary/aromatic N) is 1. The fourth-order valence-electron chi connectivity index (χ4n) is 3.21. The molecule has 0 unspecified atom stereocenters. The number of nitrogens with one attached hydrogen (secondary N) is 1. The molecule has 0 aliphatic carbocycles. The van der Waals surface area contributed by atoms with Gasteiger partial charge in [-0.2, -0.15) is 0 Å². The Kier molecular flexibility index (Phi) is 6.49. The highest BCUT2D eigenvalue weighted by Crippen LogP contribution is 2.33. The van der Waals surface area contributed by atoms with Gasteiger partial charge in [0.15, 0.2) is 0 Å². The third-order valence-electron chi connectivity index (χ3n) is 4.68. The van der Waals surface area contributed by atoms with Crippen molar-refractivity contribution in [2.45, 2.75) is 18.4 Å². The Morgan fingerprint density at radius 3 is 2.68 bits per heavy atom. The van der Waals surface area contributed by atoms with Gasteiger partial charge in [-0.25, -0.2) is 0 Å². The molecular formula is C20H18BrClN2O4. The lowest BCUT2D eigenvalue weighted by Crippen LogP contribution is -2.49. The molecule has 1 saturated heterocycles. The maximum atomic E-state index is 12.6. The summed E-state index contributed by atoms with van der Waals surface area (Å²) in [6.45, 7) is 1.11. The summed E-state index contributed by atoms with van der Waals surface area (Å²) in [6.07, 6.45) is 4.24. The van der Waals surface area contributed by atoms with E-state index in [1.807, 2.05) is 24.3 Å². The number of nitro groups is 1. The van der Waals surface area contributed by atoms with E-state index < -0.39 is 10.5 Å². The van der Waals surface area contributed by atoms with Gasteiger partial charge in [-0.3, -0.25) is 14.9 Å². The van der Waals surface area contributed by atoms with E-state index in [2.05, 4.69) is 21.2 Å². The highest BCUT2D eigenvalue weighted by atomic mass is 79.9. The molecule has 1 N–H and O–H groups in total. The second-order valence-electron chi connectivity index (χ2n) is 6.50. The number of hydrogen-bond donors (Lipinski definition) is 1. The first-order chi connectivity index (χ1) is 13.4. The highest BCUT2D eigenvalue weighted by Gasteiger charge is 2.35. The van der Waals surface area contributed by atoms with Crippen LogP contribution in [0.25, 0.3) is 6.08 Å². The number of rotatable bonds is 5. The second kappa shape index (κ2) is 8.86. The quantitative estimate of drug-likeness (QED) is 0.389. The minimum absolute atomic E-state index is 0.0578. The highest BCUT2D eigenvalue weighted by molar-refractivity contribution is 9.10. The molecule has 0 atom stereocenters. The Labute approximate surface area is 175 Å². The van der Waals surface area contributed by atoms with E-state index in [0.717, 1.165) is 10.0 Å². The minimum Gasteiger partial charge on any atom is -0.381 e. The van der Waals surface area contributed by atoms with Crippen LogP contribution in [0.15, 0.2) is 53.0 Å². The number of nitro benzene ring substituents is 1. The molecule has 0 aromatic heterocycles. The van der Waals surface area contributed by atoms with Crippen molar-refractivity contribution in [2.75, 3.05) is 13.2 Å². The number of carbonyl (C=O) groups is 1. The smallest absolute Gasteiger partial charge is 0.288 e. The van der Waals surface area contributed by atoms with Crippen molar-refractivity contribution in [2.24, 2.45) is 0 Å². The van der Waals surface area contributed by atoms with Crippen LogP contribution < -0.4 is 5.32 Å². The average Bonchev–Trinajstić information content (AvgIpc) is 2.68. The molecule has 2 aromatic rings. The van der Waals surface area contributed by atoms with Gasteiger partial charge in [-0.05, 0) is 48.2 Å². The number of hydrogen-bond acceptors (Lipinski definition) is 4. The van der Waals surface area contributed by atoms with E-state index >= 15 is 0 Å². The van der Waals surface area contributed by atoms with Gasteiger partial charge in [-0.15, -0.1) is 0 Å². The molecule has 1 aliphatic heterocycles. The van der Waals surface area contributed by atoms with E-state index in [1.54, 1.807) is 6.07 Å². The molecule has 6 nitrogen and oxygen atoms in total. The molecule has 1 heterocycles. The van der Waals surface area contributed by atoms with Crippen molar-refractivity contribution in [3.63, 3.8) is 0 Å². The van der Waals surface area contributed by atoms with Gasteiger partial charge in [-0.1, -0.05) is 45.7 Å². The van der Waals surface area contributed by atoms with Crippen molar-refractivity contribution < 1.29 is 14.5 Å². The van der Waals surface area contributed by atoms with Crippen molar-refractivity contribution >= 4 is 45.2 Å². The summed E-state index contributed by atoms with van der Waals surface area (Å²) in [5.41, 5.74) is 0.818. The zero-order valence-corrected chi connectivity index (χ0v) is 17.2. The second-order valence-corrected chi connectivity index (χ2v) is 7.82. The number of benzene rings is 2. The lowest BCUT2D eigenvalue weighted by Gasteiger charge is -2.38. The fourth-order valence-corrected chi connectivity index (χ4v) is 3.80. The van der Waals surface area contributed by atoms with Crippen LogP contribution in [0.4, 0.5) is 5.69 Å². The van der Waals surface area contributed by atoms with E-state index in [9.17, 15) is 14.9 Å². The molecule has 1 amide bonds. The summed E-state index contributed by atoms with van der Waals surface area (Å²) in [6, 6.07) is 12.3. The van der Waals surface area contributed by atoms with Crippen LogP contribution >= 0.6 is 27.5 Å². The monoisotopic (exact) mass is 464 g/mol. The van der Waals surface area contributed by atoms with Crippen LogP contribution in [0, 0.1) is 10.1 Å². The molecule has 2 aromatic carbocycles. The third kappa shape index (κ3) is 4.79. The average molecular weight is 466 g/mol. The molecule has 0 bridgehead atoms. The molecule has 3 rings (SSSR count). The summed E-state index contributed by atoms with van der Waals surface area (Å²) < 4.78 is 6.42. The molecule has 8 heteroatoms. The topological polar surface area (TPSA) is 81.5 Å². The Morgan fingerprint density at radius 2 is 2.00 bits per heavy atom. The maximum Gasteiger partial charge on any atom is 0.288 e. The van der Waals surface area contributed by atoms with Gasteiger partial charge >= 0.3 is 0 Å². The van der Waals surface area contributed by atoms with E-state index in [1.165, 1.54) is 24.3 Å². The lowest BCUT2D eigenvalue weighted by atomic mass is 9.82. The van der Waals surface area contributed by atoms with Gasteiger partial charge in [0.25, 0.3) is 5.69 Å². The first kappa shape index (κ1) is 20.5. The molecule has 0 spiro atoms. The van der Waals surface area contributed by atoms with Crippen LogP contribution in [0.1, 0.15) is 24.0 Å². The molecule has 1 fully saturated rings. The SMILES string of the molecule is O=C(/C=C/c1ccc(Cl)c([N+](=O)[O-])c1)NC1(c2cccc(Br)c2)CCOCC1. The Hall–Kier alpha value is -2.22. The fraction of sp³-hybridized carbons (Fsp3) is 0.250. The van der Waals surface area contributed by atoms with Crippen LogP contribution in [-0.2, 0) is 15.1 Å². The minimum atomic E-state index is -0.552. The summed E-state index contributed by atoms with van der Waals surface area (Å²) in [4.78, 5) is 23.1. The van der Waals surface area contributed by atoms with Crippen molar-refractivity contribution in [1.82, 2.24) is 5.32 Å². The third-order valence-corrected chi connectivity index (χ3v) is 5.49. The zero-order valence-electron chi connectivity index (χ0n) is 14.9. The van der Waals surface area contributed by atoms with Crippen molar-refractivity contribution in [3.8, 4) is 0 Å². The van der Waals surface area contributed by atoms with Gasteiger partial charge in [0.05, 0.1) is 10.5 Å². The van der Waals surface area contributed by atoms with Crippen LogP contribution in [0.5, 0.6) is 0 Å². The normalized spacial score (nSPS) is 16.1. The van der Waals surface area contributed by atoms with Crippen LogP contribution in [0.2, 0.25) is 5.02 Å². The van der Waals surface area contributed by atoms with E-state index in [-0.39, 0.29) is 16.6 Å².